The number of ether oxygens (including phenoxy) is 1. The molecule has 5 nitrogen and oxygen atoms in total. The van der Waals surface area contributed by atoms with Crippen LogP contribution >= 0.6 is 0 Å². The summed E-state index contributed by atoms with van der Waals surface area (Å²) >= 11 is 0. The minimum atomic E-state index is -0.325. The molecule has 0 fully saturated rings. The monoisotopic (exact) mass is 298 g/mol. The number of hydrogen-bond acceptors (Lipinski definition) is 5. The fourth-order valence-electron chi connectivity index (χ4n) is 2.16. The third-order valence-corrected chi connectivity index (χ3v) is 3.17. The van der Waals surface area contributed by atoms with Crippen LogP contribution in [0.1, 0.15) is 12.5 Å². The van der Waals surface area contributed by atoms with E-state index in [1.165, 1.54) is 13.2 Å². The molecule has 0 radical (unpaired) electrons. The van der Waals surface area contributed by atoms with E-state index in [-0.39, 0.29) is 29.3 Å². The first kappa shape index (κ1) is 14.1. The maximum absolute atomic E-state index is 12.6. The van der Waals surface area contributed by atoms with Crippen molar-refractivity contribution in [3.63, 3.8) is 0 Å². The molecule has 2 heterocycles. The average Bonchev–Trinajstić information content (AvgIpc) is 2.99. The van der Waals surface area contributed by atoms with E-state index < -0.39 is 0 Å². The quantitative estimate of drug-likeness (QED) is 0.739. The van der Waals surface area contributed by atoms with E-state index in [9.17, 15) is 9.59 Å². The van der Waals surface area contributed by atoms with E-state index in [4.69, 9.17) is 13.6 Å². The Bertz CT molecular complexity index is 887. The van der Waals surface area contributed by atoms with Crippen molar-refractivity contribution in [3.8, 4) is 17.3 Å². The van der Waals surface area contributed by atoms with Gasteiger partial charge in [0, 0.05) is 0 Å². The lowest BCUT2D eigenvalue weighted by Gasteiger charge is -2.09. The van der Waals surface area contributed by atoms with Crippen molar-refractivity contribution in [1.29, 1.82) is 0 Å². The van der Waals surface area contributed by atoms with Gasteiger partial charge in [0.15, 0.2) is 11.5 Å². The van der Waals surface area contributed by atoms with Gasteiger partial charge >= 0.3 is 0 Å². The average molecular weight is 298 g/mol. The number of benzene rings is 1. The summed E-state index contributed by atoms with van der Waals surface area (Å²) in [6.07, 6.45) is 1.48. The Kier molecular flexibility index (Phi) is 3.55. The van der Waals surface area contributed by atoms with Gasteiger partial charge in [-0.05, 0) is 43.7 Å². The molecule has 0 aliphatic rings. The molecule has 2 aromatic heterocycles. The van der Waals surface area contributed by atoms with E-state index >= 15 is 0 Å². The summed E-state index contributed by atoms with van der Waals surface area (Å²) in [5.41, 5.74) is 1.10. The summed E-state index contributed by atoms with van der Waals surface area (Å²) in [4.78, 5) is 23.8. The van der Waals surface area contributed by atoms with Gasteiger partial charge in [0.25, 0.3) is 0 Å². The highest BCUT2D eigenvalue weighted by atomic mass is 16.5. The van der Waals surface area contributed by atoms with Crippen molar-refractivity contribution in [1.82, 2.24) is 0 Å². The number of Topliss-reactive ketones (excluding diaryl/α,β-unsaturated/α-hetero) is 1. The fraction of sp³-hybridized carbons (Fsp3) is 0.176. The molecule has 22 heavy (non-hydrogen) atoms. The van der Waals surface area contributed by atoms with Crippen LogP contribution in [0.3, 0.4) is 0 Å². The number of aryl methyl sites for hydroxylation is 1. The number of carbonyl (C=O) groups excluding carboxylic acids is 1. The van der Waals surface area contributed by atoms with Crippen LogP contribution in [0.2, 0.25) is 0 Å². The smallest absolute Gasteiger partial charge is 0.235 e. The van der Waals surface area contributed by atoms with Gasteiger partial charge in [-0.25, -0.2) is 0 Å². The summed E-state index contributed by atoms with van der Waals surface area (Å²) < 4.78 is 16.5. The van der Waals surface area contributed by atoms with Gasteiger partial charge < -0.3 is 13.6 Å². The van der Waals surface area contributed by atoms with Crippen molar-refractivity contribution in [2.75, 3.05) is 6.61 Å². The van der Waals surface area contributed by atoms with Crippen LogP contribution < -0.4 is 10.2 Å². The maximum atomic E-state index is 12.6. The predicted molar refractivity (Wildman–Crippen MR) is 81.1 cm³/mol. The molecule has 0 bridgehead atoms. The molecule has 5 heteroatoms. The summed E-state index contributed by atoms with van der Waals surface area (Å²) in [6, 6.07) is 8.63. The highest BCUT2D eigenvalue weighted by Gasteiger charge is 2.20. The summed E-state index contributed by atoms with van der Waals surface area (Å²) in [5.74, 6) is 0.365. The van der Waals surface area contributed by atoms with Crippen LogP contribution in [-0.4, -0.2) is 12.4 Å². The Morgan fingerprint density at radius 3 is 2.77 bits per heavy atom. The first-order valence-electron chi connectivity index (χ1n) is 6.80. The zero-order chi connectivity index (χ0) is 15.7. The Labute approximate surface area is 126 Å². The van der Waals surface area contributed by atoms with Gasteiger partial charge in [-0.2, -0.15) is 0 Å². The van der Waals surface area contributed by atoms with Crippen molar-refractivity contribution in [2.45, 2.75) is 13.8 Å². The third kappa shape index (κ3) is 2.53. The lowest BCUT2D eigenvalue weighted by atomic mass is 10.1. The maximum Gasteiger partial charge on any atom is 0.235 e. The van der Waals surface area contributed by atoms with E-state index in [1.54, 1.807) is 24.3 Å². The standard InChI is InChI=1S/C17H14O5/c1-10-5-6-12-14(8-10)22-16(13-4-3-7-20-13)17(15(12)19)21-9-11(2)18/h3-8H,9H2,1-2H3. The van der Waals surface area contributed by atoms with Gasteiger partial charge in [0.2, 0.25) is 16.9 Å². The molecule has 1 aromatic carbocycles. The minimum absolute atomic E-state index is 0.0125. The molecule has 3 aromatic rings. The summed E-state index contributed by atoms with van der Waals surface area (Å²) in [7, 11) is 0. The molecule has 112 valence electrons. The van der Waals surface area contributed by atoms with Gasteiger partial charge in [0.05, 0.1) is 11.6 Å². The summed E-state index contributed by atoms with van der Waals surface area (Å²) in [6.45, 7) is 3.10. The molecule has 0 atom stereocenters. The Morgan fingerprint density at radius 1 is 1.27 bits per heavy atom. The number of ketones is 1. The van der Waals surface area contributed by atoms with E-state index in [0.29, 0.717) is 16.7 Å². The van der Waals surface area contributed by atoms with E-state index in [0.717, 1.165) is 5.56 Å². The fourth-order valence-corrected chi connectivity index (χ4v) is 2.16. The minimum Gasteiger partial charge on any atom is -0.478 e. The summed E-state index contributed by atoms with van der Waals surface area (Å²) in [5, 5.41) is 0.402. The van der Waals surface area contributed by atoms with Gasteiger partial charge in [-0.3, -0.25) is 9.59 Å². The van der Waals surface area contributed by atoms with Crippen LogP contribution in [0.25, 0.3) is 22.5 Å². The molecule has 0 N–H and O–H groups in total. The Hall–Kier alpha value is -2.82. The molecule has 0 saturated carbocycles. The van der Waals surface area contributed by atoms with Gasteiger partial charge in [-0.15, -0.1) is 0 Å². The van der Waals surface area contributed by atoms with Gasteiger partial charge in [0.1, 0.15) is 12.2 Å². The first-order valence-corrected chi connectivity index (χ1v) is 6.80. The van der Waals surface area contributed by atoms with Crippen LogP contribution in [0, 0.1) is 6.92 Å². The largest absolute Gasteiger partial charge is 0.478 e. The Morgan fingerprint density at radius 2 is 2.09 bits per heavy atom. The molecule has 0 unspecified atom stereocenters. The molecular weight excluding hydrogens is 284 g/mol. The highest BCUT2D eigenvalue weighted by Crippen LogP contribution is 2.31. The Balaban J connectivity index is 2.27. The van der Waals surface area contributed by atoms with E-state index in [2.05, 4.69) is 0 Å². The second-order valence-corrected chi connectivity index (χ2v) is 5.06. The molecule has 0 aliphatic carbocycles. The zero-order valence-electron chi connectivity index (χ0n) is 12.2. The van der Waals surface area contributed by atoms with Crippen LogP contribution in [0.4, 0.5) is 0 Å². The third-order valence-electron chi connectivity index (χ3n) is 3.17. The van der Waals surface area contributed by atoms with Crippen molar-refractivity contribution in [3.05, 3.63) is 52.4 Å². The topological polar surface area (TPSA) is 69.7 Å². The first-order chi connectivity index (χ1) is 10.6. The zero-order valence-corrected chi connectivity index (χ0v) is 12.2. The molecule has 0 saturated heterocycles. The number of carbonyl (C=O) groups is 1. The normalized spacial score (nSPS) is 10.8. The van der Waals surface area contributed by atoms with Gasteiger partial charge in [-0.1, -0.05) is 6.07 Å². The number of fused-ring (bicyclic) bond motifs is 1. The van der Waals surface area contributed by atoms with Crippen LogP contribution in [0.15, 0.2) is 50.2 Å². The second-order valence-electron chi connectivity index (χ2n) is 5.06. The van der Waals surface area contributed by atoms with Crippen molar-refractivity contribution in [2.24, 2.45) is 0 Å². The molecule has 0 amide bonds. The lowest BCUT2D eigenvalue weighted by molar-refractivity contribution is -0.118. The van der Waals surface area contributed by atoms with Crippen molar-refractivity contribution < 1.29 is 18.4 Å². The highest BCUT2D eigenvalue weighted by molar-refractivity contribution is 5.82. The predicted octanol–water partition coefficient (Wildman–Crippen LogP) is 3.33. The molecular formula is C17H14O5. The molecule has 0 spiro atoms. The number of hydrogen-bond donors (Lipinski definition) is 0. The number of furan rings is 1. The second kappa shape index (κ2) is 5.52. The molecule has 0 aliphatic heterocycles. The van der Waals surface area contributed by atoms with Crippen molar-refractivity contribution >= 4 is 16.8 Å². The lowest BCUT2D eigenvalue weighted by Crippen LogP contribution is -2.14. The SMILES string of the molecule is CC(=O)COc1c(-c2ccco2)oc2cc(C)ccc2c1=O. The van der Waals surface area contributed by atoms with E-state index in [1.807, 2.05) is 13.0 Å². The van der Waals surface area contributed by atoms with Crippen LogP contribution in [0.5, 0.6) is 5.75 Å². The molecule has 3 rings (SSSR count). The number of rotatable bonds is 4. The van der Waals surface area contributed by atoms with Crippen LogP contribution in [-0.2, 0) is 4.79 Å².